The summed E-state index contributed by atoms with van der Waals surface area (Å²) in [5.41, 5.74) is 1.40. The van der Waals surface area contributed by atoms with Crippen molar-refractivity contribution in [1.29, 1.82) is 0 Å². The highest BCUT2D eigenvalue weighted by Gasteiger charge is 2.83. The minimum Gasteiger partial charge on any atom is -0.743 e. The van der Waals surface area contributed by atoms with Crippen molar-refractivity contribution in [2.45, 2.75) is 57.7 Å². The zero-order valence-electron chi connectivity index (χ0n) is 20.1. The summed E-state index contributed by atoms with van der Waals surface area (Å²) in [6.45, 7) is 4.48. The molecule has 3 aromatic rings. The summed E-state index contributed by atoms with van der Waals surface area (Å²) >= 11 is 0. The van der Waals surface area contributed by atoms with Crippen LogP contribution in [0.15, 0.2) is 99.6 Å². The molecule has 0 aliphatic heterocycles. The molecule has 0 aromatic heterocycles. The van der Waals surface area contributed by atoms with E-state index in [9.17, 15) is 52.5 Å². The van der Waals surface area contributed by atoms with Crippen molar-refractivity contribution >= 4 is 21.0 Å². The monoisotopic (exact) mass is 604 g/mol. The van der Waals surface area contributed by atoms with E-state index in [1.165, 1.54) is 20.2 Å². The lowest BCUT2D eigenvalue weighted by Crippen LogP contribution is -2.63. The van der Waals surface area contributed by atoms with E-state index in [0.29, 0.717) is 5.92 Å². The Kier molecular flexibility index (Phi) is 9.84. The maximum Gasteiger partial charge on any atom is 0.460 e. The van der Waals surface area contributed by atoms with Crippen molar-refractivity contribution < 1.29 is 52.5 Å². The standard InChI is InChI=1S/C21H21S.C4HF9O3S/c1-17(2)18-13-15-21(16-14-18)22(19-9-5-3-6-10-19)20-11-7-4-8-12-20;5-1(6,3(9,10)11)2(7,8)4(12,13)17(14,15)16/h3-17H,1-2H3;(H,14,15,16)/q+1;/p-1. The molecule has 0 spiro atoms. The maximum atomic E-state index is 12.2. The van der Waals surface area contributed by atoms with Gasteiger partial charge in [0, 0.05) is 0 Å². The van der Waals surface area contributed by atoms with Gasteiger partial charge in [0.1, 0.15) is 0 Å². The average Bonchev–Trinajstić information content (AvgIpc) is 2.85. The van der Waals surface area contributed by atoms with E-state index in [1.54, 1.807) is 0 Å². The Balaban J connectivity index is 0.000000285. The molecule has 0 saturated heterocycles. The quantitative estimate of drug-likeness (QED) is 0.157. The average molecular weight is 605 g/mol. The van der Waals surface area contributed by atoms with Crippen LogP contribution in [0.1, 0.15) is 25.3 Å². The molecular formula is C25H21F9O3S2. The fourth-order valence-electron chi connectivity index (χ4n) is 3.03. The van der Waals surface area contributed by atoms with Gasteiger partial charge in [0.05, 0.1) is 10.9 Å². The highest BCUT2D eigenvalue weighted by molar-refractivity contribution is 7.97. The third kappa shape index (κ3) is 6.90. The first-order chi connectivity index (χ1) is 17.8. The summed E-state index contributed by atoms with van der Waals surface area (Å²) in [5.74, 6) is -14.2. The maximum absolute atomic E-state index is 12.2. The molecule has 0 fully saturated rings. The number of benzene rings is 3. The lowest BCUT2D eigenvalue weighted by Gasteiger charge is -2.34. The number of halogens is 9. The van der Waals surface area contributed by atoms with Crippen LogP contribution in [0.4, 0.5) is 39.5 Å². The number of rotatable bonds is 7. The topological polar surface area (TPSA) is 57.2 Å². The Labute approximate surface area is 221 Å². The zero-order chi connectivity index (χ0) is 29.9. The van der Waals surface area contributed by atoms with Crippen molar-refractivity contribution in [3.63, 3.8) is 0 Å². The SMILES string of the molecule is CC(C)c1ccc([S+](c2ccccc2)c2ccccc2)cc1.O=S(=O)([O-])C(F)(F)C(F)(F)C(F)(F)C(F)(F)F. The summed E-state index contributed by atoms with van der Waals surface area (Å²) in [5, 5.41) is -7.11. The molecule has 0 unspecified atom stereocenters. The lowest BCUT2D eigenvalue weighted by atomic mass is 10.0. The van der Waals surface area contributed by atoms with Gasteiger partial charge in [0.2, 0.25) is 0 Å². The van der Waals surface area contributed by atoms with Crippen molar-refractivity contribution in [2.75, 3.05) is 0 Å². The molecule has 0 bridgehead atoms. The Bertz CT molecular complexity index is 1270. The molecule has 3 nitrogen and oxygen atoms in total. The fourth-order valence-corrected chi connectivity index (χ4v) is 5.55. The summed E-state index contributed by atoms with van der Waals surface area (Å²) < 4.78 is 135. The van der Waals surface area contributed by atoms with E-state index in [2.05, 4.69) is 98.8 Å². The second kappa shape index (κ2) is 11.8. The molecular weight excluding hydrogens is 583 g/mol. The van der Waals surface area contributed by atoms with Gasteiger partial charge in [0.25, 0.3) is 0 Å². The molecule has 3 rings (SSSR count). The van der Waals surface area contributed by atoms with E-state index in [-0.39, 0.29) is 10.9 Å². The molecule has 0 saturated carbocycles. The van der Waals surface area contributed by atoms with Gasteiger partial charge in [0.15, 0.2) is 24.8 Å². The van der Waals surface area contributed by atoms with Crippen LogP contribution in [-0.2, 0) is 21.0 Å². The van der Waals surface area contributed by atoms with Gasteiger partial charge in [-0.25, -0.2) is 8.42 Å². The first-order valence-electron chi connectivity index (χ1n) is 10.9. The molecule has 0 aliphatic carbocycles. The van der Waals surface area contributed by atoms with E-state index in [1.807, 2.05) is 0 Å². The molecule has 214 valence electrons. The number of hydrogen-bond acceptors (Lipinski definition) is 3. The van der Waals surface area contributed by atoms with E-state index in [0.717, 1.165) is 0 Å². The molecule has 0 aliphatic rings. The van der Waals surface area contributed by atoms with Crippen molar-refractivity contribution in [3.8, 4) is 0 Å². The summed E-state index contributed by atoms with van der Waals surface area (Å²) in [6.07, 6.45) is -7.16. The normalized spacial score (nSPS) is 13.3. The third-order valence-corrected chi connectivity index (χ3v) is 8.29. The molecule has 39 heavy (non-hydrogen) atoms. The minimum absolute atomic E-state index is 0.0361. The molecule has 0 atom stereocenters. The van der Waals surface area contributed by atoms with Crippen LogP contribution in [0.5, 0.6) is 0 Å². The highest BCUT2D eigenvalue weighted by atomic mass is 32.2. The number of alkyl halides is 9. The first-order valence-corrected chi connectivity index (χ1v) is 13.5. The molecule has 3 aromatic carbocycles. The molecule has 0 amide bonds. The van der Waals surface area contributed by atoms with Crippen LogP contribution >= 0.6 is 0 Å². The van der Waals surface area contributed by atoms with E-state index >= 15 is 0 Å². The summed E-state index contributed by atoms with van der Waals surface area (Å²) in [4.78, 5) is 4.11. The Hall–Kier alpha value is -2.71. The summed E-state index contributed by atoms with van der Waals surface area (Å²) in [6, 6.07) is 30.7. The van der Waals surface area contributed by atoms with Gasteiger partial charge >= 0.3 is 23.3 Å². The second-order valence-corrected chi connectivity index (χ2v) is 11.7. The number of hydrogen-bond donors (Lipinski definition) is 0. The van der Waals surface area contributed by atoms with Crippen molar-refractivity contribution in [2.24, 2.45) is 0 Å². The van der Waals surface area contributed by atoms with Gasteiger partial charge in [-0.1, -0.05) is 62.4 Å². The van der Waals surface area contributed by atoms with Gasteiger partial charge in [-0.15, -0.1) is 0 Å². The van der Waals surface area contributed by atoms with E-state index < -0.39 is 33.4 Å². The van der Waals surface area contributed by atoms with Crippen molar-refractivity contribution in [1.82, 2.24) is 0 Å². The predicted molar refractivity (Wildman–Crippen MR) is 126 cm³/mol. The molecule has 0 N–H and O–H groups in total. The Morgan fingerprint density at radius 1 is 0.615 bits per heavy atom. The fraction of sp³-hybridized carbons (Fsp3) is 0.280. The lowest BCUT2D eigenvalue weighted by molar-refractivity contribution is -0.382. The Morgan fingerprint density at radius 3 is 1.28 bits per heavy atom. The predicted octanol–water partition coefficient (Wildman–Crippen LogP) is 7.86. The first kappa shape index (κ1) is 32.5. The largest absolute Gasteiger partial charge is 0.743 e. The van der Waals surface area contributed by atoms with E-state index in [4.69, 9.17) is 0 Å². The van der Waals surface area contributed by atoms with Crippen molar-refractivity contribution in [3.05, 3.63) is 90.5 Å². The highest BCUT2D eigenvalue weighted by Crippen LogP contribution is 2.54. The minimum atomic E-state index is -7.43. The van der Waals surface area contributed by atoms with Crippen LogP contribution in [0.25, 0.3) is 0 Å². The molecule has 0 heterocycles. The molecule has 14 heteroatoms. The van der Waals surface area contributed by atoms with Crippen LogP contribution < -0.4 is 0 Å². The van der Waals surface area contributed by atoms with Crippen LogP contribution in [-0.4, -0.2) is 36.2 Å². The van der Waals surface area contributed by atoms with Crippen LogP contribution in [0.3, 0.4) is 0 Å². The van der Waals surface area contributed by atoms with Crippen LogP contribution in [0.2, 0.25) is 0 Å². The zero-order valence-corrected chi connectivity index (χ0v) is 21.7. The smallest absolute Gasteiger partial charge is 0.460 e. The second-order valence-electron chi connectivity index (χ2n) is 8.27. The molecule has 0 radical (unpaired) electrons. The van der Waals surface area contributed by atoms with Gasteiger partial charge in [-0.2, -0.15) is 39.5 Å². The summed E-state index contributed by atoms with van der Waals surface area (Å²) in [7, 11) is -7.45. The van der Waals surface area contributed by atoms with Gasteiger partial charge in [-0.05, 0) is 47.9 Å². The third-order valence-electron chi connectivity index (χ3n) is 5.17. The van der Waals surface area contributed by atoms with Gasteiger partial charge in [-0.3, -0.25) is 0 Å². The van der Waals surface area contributed by atoms with Crippen LogP contribution in [0, 0.1) is 0 Å². The Morgan fingerprint density at radius 2 is 0.974 bits per heavy atom. The van der Waals surface area contributed by atoms with Gasteiger partial charge < -0.3 is 4.55 Å².